The van der Waals surface area contributed by atoms with Crippen molar-refractivity contribution in [3.05, 3.63) is 48.5 Å². The summed E-state index contributed by atoms with van der Waals surface area (Å²) in [6.07, 6.45) is 2.56. The number of nitrogens with two attached hydrogens (primary N) is 1. The minimum absolute atomic E-state index is 0.887. The third-order valence-electron chi connectivity index (χ3n) is 3.58. The van der Waals surface area contributed by atoms with Crippen molar-refractivity contribution in [1.29, 1.82) is 0 Å². The molecule has 0 atom stereocenters. The van der Waals surface area contributed by atoms with Crippen molar-refractivity contribution in [3.8, 4) is 11.1 Å². The van der Waals surface area contributed by atoms with Crippen molar-refractivity contribution in [2.45, 2.75) is 12.8 Å². The molecule has 2 heteroatoms. The highest BCUT2D eigenvalue weighted by Crippen LogP contribution is 2.31. The molecule has 2 nitrogen and oxygen atoms in total. The van der Waals surface area contributed by atoms with Gasteiger partial charge in [0.1, 0.15) is 0 Å². The van der Waals surface area contributed by atoms with Gasteiger partial charge in [0.05, 0.1) is 11.4 Å². The number of anilines is 2. The zero-order valence-electron chi connectivity index (χ0n) is 10.5. The molecule has 92 valence electrons. The smallest absolute Gasteiger partial charge is 0.0600 e. The Kier molecular flexibility index (Phi) is 2.93. The summed E-state index contributed by atoms with van der Waals surface area (Å²) in [6.45, 7) is 2.27. The zero-order valence-corrected chi connectivity index (χ0v) is 10.5. The molecule has 2 N–H and O–H groups in total. The van der Waals surface area contributed by atoms with Crippen molar-refractivity contribution < 1.29 is 0 Å². The van der Waals surface area contributed by atoms with Gasteiger partial charge in [0.15, 0.2) is 0 Å². The van der Waals surface area contributed by atoms with E-state index in [4.69, 9.17) is 5.73 Å². The van der Waals surface area contributed by atoms with Crippen LogP contribution in [0.15, 0.2) is 48.5 Å². The van der Waals surface area contributed by atoms with Crippen LogP contribution in [0.1, 0.15) is 12.8 Å². The van der Waals surface area contributed by atoms with Gasteiger partial charge in [-0.25, -0.2) is 0 Å². The fraction of sp³-hybridized carbons (Fsp3) is 0.250. The molecule has 0 bridgehead atoms. The summed E-state index contributed by atoms with van der Waals surface area (Å²) in [5.74, 6) is 0. The van der Waals surface area contributed by atoms with Crippen LogP contribution in [0.3, 0.4) is 0 Å². The molecular weight excluding hydrogens is 220 g/mol. The molecule has 0 unspecified atom stereocenters. The molecule has 0 aliphatic carbocycles. The van der Waals surface area contributed by atoms with E-state index in [1.54, 1.807) is 0 Å². The molecule has 1 fully saturated rings. The van der Waals surface area contributed by atoms with Gasteiger partial charge in [-0.3, -0.25) is 0 Å². The summed E-state index contributed by atoms with van der Waals surface area (Å²) >= 11 is 0. The Balaban J connectivity index is 1.94. The Labute approximate surface area is 108 Å². The van der Waals surface area contributed by atoms with Crippen molar-refractivity contribution in [2.24, 2.45) is 0 Å². The highest BCUT2D eigenvalue weighted by Gasteiger charge is 2.14. The minimum Gasteiger partial charge on any atom is -0.397 e. The van der Waals surface area contributed by atoms with Gasteiger partial charge in [0, 0.05) is 13.1 Å². The third kappa shape index (κ3) is 2.06. The summed E-state index contributed by atoms with van der Waals surface area (Å²) in [4.78, 5) is 2.38. The van der Waals surface area contributed by atoms with Gasteiger partial charge >= 0.3 is 0 Å². The summed E-state index contributed by atoms with van der Waals surface area (Å²) in [5.41, 5.74) is 10.7. The summed E-state index contributed by atoms with van der Waals surface area (Å²) in [5, 5.41) is 0. The molecule has 18 heavy (non-hydrogen) atoms. The first-order valence-electron chi connectivity index (χ1n) is 6.54. The van der Waals surface area contributed by atoms with Gasteiger partial charge in [-0.05, 0) is 36.1 Å². The quantitative estimate of drug-likeness (QED) is 0.811. The van der Waals surface area contributed by atoms with Gasteiger partial charge in [0.25, 0.3) is 0 Å². The SMILES string of the molecule is Nc1cc(-c2ccccc2)ccc1N1CCCC1. The Bertz CT molecular complexity index is 528. The standard InChI is InChI=1S/C16H18N2/c17-15-12-14(13-6-2-1-3-7-13)8-9-16(15)18-10-4-5-11-18/h1-3,6-9,12H,4-5,10-11,17H2. The van der Waals surface area contributed by atoms with Crippen LogP contribution in [0.2, 0.25) is 0 Å². The molecule has 0 saturated carbocycles. The fourth-order valence-electron chi connectivity index (χ4n) is 2.61. The molecule has 2 aromatic rings. The molecule has 0 spiro atoms. The van der Waals surface area contributed by atoms with Crippen LogP contribution in [0.4, 0.5) is 11.4 Å². The first-order valence-corrected chi connectivity index (χ1v) is 6.54. The molecule has 2 aromatic carbocycles. The molecule has 0 aromatic heterocycles. The second kappa shape index (κ2) is 4.73. The lowest BCUT2D eigenvalue weighted by Crippen LogP contribution is -2.18. The number of benzene rings is 2. The van der Waals surface area contributed by atoms with Crippen molar-refractivity contribution >= 4 is 11.4 Å². The van der Waals surface area contributed by atoms with E-state index in [0.717, 1.165) is 18.8 Å². The first-order chi connectivity index (χ1) is 8.84. The Morgan fingerprint density at radius 2 is 1.56 bits per heavy atom. The van der Waals surface area contributed by atoms with Crippen LogP contribution in [0, 0.1) is 0 Å². The van der Waals surface area contributed by atoms with Crippen LogP contribution in [-0.4, -0.2) is 13.1 Å². The average molecular weight is 238 g/mol. The molecule has 3 rings (SSSR count). The minimum atomic E-state index is 0.887. The van der Waals surface area contributed by atoms with Crippen LogP contribution in [-0.2, 0) is 0 Å². The second-order valence-corrected chi connectivity index (χ2v) is 4.83. The second-order valence-electron chi connectivity index (χ2n) is 4.83. The normalized spacial score (nSPS) is 15.0. The predicted octanol–water partition coefficient (Wildman–Crippen LogP) is 3.54. The Morgan fingerprint density at radius 3 is 2.22 bits per heavy atom. The lowest BCUT2D eigenvalue weighted by molar-refractivity contribution is 0.949. The first kappa shape index (κ1) is 11.1. The number of nitrogen functional groups attached to an aromatic ring is 1. The van der Waals surface area contributed by atoms with Gasteiger partial charge in [-0.15, -0.1) is 0 Å². The van der Waals surface area contributed by atoms with E-state index >= 15 is 0 Å². The monoisotopic (exact) mass is 238 g/mol. The van der Waals surface area contributed by atoms with E-state index in [1.807, 2.05) is 6.07 Å². The Morgan fingerprint density at radius 1 is 0.833 bits per heavy atom. The summed E-state index contributed by atoms with van der Waals surface area (Å²) in [7, 11) is 0. The molecule has 1 aliphatic rings. The van der Waals surface area contributed by atoms with Crippen LogP contribution in [0.5, 0.6) is 0 Å². The highest BCUT2D eigenvalue weighted by molar-refractivity contribution is 5.76. The van der Waals surface area contributed by atoms with E-state index in [1.165, 1.54) is 29.7 Å². The lowest BCUT2D eigenvalue weighted by Gasteiger charge is -2.20. The predicted molar refractivity (Wildman–Crippen MR) is 77.7 cm³/mol. The maximum atomic E-state index is 6.20. The number of nitrogens with zero attached hydrogens (tertiary/aromatic N) is 1. The van der Waals surface area contributed by atoms with E-state index in [-0.39, 0.29) is 0 Å². The van der Waals surface area contributed by atoms with E-state index in [2.05, 4.69) is 47.4 Å². The van der Waals surface area contributed by atoms with Crippen molar-refractivity contribution in [1.82, 2.24) is 0 Å². The zero-order chi connectivity index (χ0) is 12.4. The van der Waals surface area contributed by atoms with Gasteiger partial charge in [-0.1, -0.05) is 36.4 Å². The number of rotatable bonds is 2. The highest BCUT2D eigenvalue weighted by atomic mass is 15.1. The third-order valence-corrected chi connectivity index (χ3v) is 3.58. The van der Waals surface area contributed by atoms with E-state index in [0.29, 0.717) is 0 Å². The fourth-order valence-corrected chi connectivity index (χ4v) is 2.61. The van der Waals surface area contributed by atoms with Crippen LogP contribution >= 0.6 is 0 Å². The molecule has 0 amide bonds. The van der Waals surface area contributed by atoms with E-state index < -0.39 is 0 Å². The number of hydrogen-bond acceptors (Lipinski definition) is 2. The number of hydrogen-bond donors (Lipinski definition) is 1. The molecule has 1 saturated heterocycles. The maximum Gasteiger partial charge on any atom is 0.0600 e. The van der Waals surface area contributed by atoms with Crippen LogP contribution in [0.25, 0.3) is 11.1 Å². The molecule has 1 aliphatic heterocycles. The van der Waals surface area contributed by atoms with Gasteiger partial charge in [-0.2, -0.15) is 0 Å². The Hall–Kier alpha value is -1.96. The largest absolute Gasteiger partial charge is 0.397 e. The lowest BCUT2D eigenvalue weighted by atomic mass is 10.0. The van der Waals surface area contributed by atoms with Crippen molar-refractivity contribution in [3.63, 3.8) is 0 Å². The van der Waals surface area contributed by atoms with Gasteiger partial charge in [0.2, 0.25) is 0 Å². The average Bonchev–Trinajstić information content (AvgIpc) is 2.93. The summed E-state index contributed by atoms with van der Waals surface area (Å²) in [6, 6.07) is 16.8. The van der Waals surface area contributed by atoms with Gasteiger partial charge < -0.3 is 10.6 Å². The molecule has 0 radical (unpaired) electrons. The van der Waals surface area contributed by atoms with E-state index in [9.17, 15) is 0 Å². The summed E-state index contributed by atoms with van der Waals surface area (Å²) < 4.78 is 0. The van der Waals surface area contributed by atoms with Crippen LogP contribution < -0.4 is 10.6 Å². The maximum absolute atomic E-state index is 6.20. The topological polar surface area (TPSA) is 29.3 Å². The van der Waals surface area contributed by atoms with Crippen molar-refractivity contribution in [2.75, 3.05) is 23.7 Å². The molecule has 1 heterocycles. The molecular formula is C16H18N2.